The van der Waals surface area contributed by atoms with Crippen LogP contribution >= 0.6 is 32.2 Å². The van der Waals surface area contributed by atoms with Gasteiger partial charge >= 0.3 is 6.18 Å². The van der Waals surface area contributed by atoms with Crippen LogP contribution in [-0.4, -0.2) is 5.91 Å². The Kier molecular flexibility index (Phi) is 5.12. The molecule has 3 nitrogen and oxygen atoms in total. The van der Waals surface area contributed by atoms with Gasteiger partial charge in [-0.05, 0) is 40.2 Å². The van der Waals surface area contributed by atoms with Crippen molar-refractivity contribution in [2.75, 3.05) is 5.32 Å². The van der Waals surface area contributed by atoms with Gasteiger partial charge in [0.05, 0.1) is 15.6 Å². The number of carbonyl (C=O) groups is 1. The number of hydrogen-bond acceptors (Lipinski definition) is 2. The van der Waals surface area contributed by atoms with Crippen molar-refractivity contribution in [2.45, 2.75) is 6.18 Å². The van der Waals surface area contributed by atoms with Gasteiger partial charge in [0.1, 0.15) is 0 Å². The minimum atomic E-state index is -4.56. The molecule has 0 spiro atoms. The van der Waals surface area contributed by atoms with Crippen molar-refractivity contribution in [3.8, 4) is 5.75 Å². The first-order valence-corrected chi connectivity index (χ1v) is 7.33. The van der Waals surface area contributed by atoms with Crippen LogP contribution in [0.2, 0.25) is 0 Å². The van der Waals surface area contributed by atoms with E-state index in [9.17, 15) is 18.0 Å². The largest absolute Gasteiger partial charge is 0.417 e. The highest BCUT2D eigenvalue weighted by Gasteiger charge is 2.35. The number of anilines is 1. The van der Waals surface area contributed by atoms with Gasteiger partial charge in [-0.1, -0.05) is 18.2 Å². The van der Waals surface area contributed by atoms with Gasteiger partial charge in [-0.15, -0.1) is 0 Å². The Hall–Kier alpha value is -1.54. The maximum absolute atomic E-state index is 12.8. The highest BCUT2D eigenvalue weighted by atomic mass is 79.9. The molecular formula is C14H8Br2F3NO2. The second kappa shape index (κ2) is 6.70. The molecule has 2 aromatic rings. The van der Waals surface area contributed by atoms with Gasteiger partial charge in [0.15, 0.2) is 22.0 Å². The van der Waals surface area contributed by atoms with Crippen LogP contribution in [-0.2, 0) is 6.18 Å². The van der Waals surface area contributed by atoms with Gasteiger partial charge in [0.25, 0.3) is 5.91 Å². The molecule has 2 aromatic carbocycles. The third kappa shape index (κ3) is 3.61. The first-order chi connectivity index (χ1) is 10.3. The molecule has 22 heavy (non-hydrogen) atoms. The van der Waals surface area contributed by atoms with Gasteiger partial charge in [-0.25, -0.2) is 0 Å². The van der Waals surface area contributed by atoms with Gasteiger partial charge in [0, 0.05) is 5.69 Å². The molecule has 0 fully saturated rings. The molecule has 1 amide bonds. The zero-order valence-electron chi connectivity index (χ0n) is 10.7. The topological polar surface area (TPSA) is 38.3 Å². The number of benzene rings is 2. The predicted octanol–water partition coefficient (Wildman–Crippen LogP) is 5.41. The van der Waals surface area contributed by atoms with E-state index in [1.165, 1.54) is 0 Å². The van der Waals surface area contributed by atoms with Crippen molar-refractivity contribution >= 4 is 43.8 Å². The lowest BCUT2D eigenvalue weighted by atomic mass is 10.1. The minimum absolute atomic E-state index is 0.0411. The maximum atomic E-state index is 12.8. The second-order valence-electron chi connectivity index (χ2n) is 4.20. The van der Waals surface area contributed by atoms with Crippen LogP contribution in [0, 0.1) is 0 Å². The lowest BCUT2D eigenvalue weighted by Crippen LogP contribution is -2.14. The van der Waals surface area contributed by atoms with Crippen LogP contribution in [0.1, 0.15) is 15.9 Å². The predicted molar refractivity (Wildman–Crippen MR) is 83.1 cm³/mol. The smallest absolute Gasteiger partial charge is 0.416 e. The molecule has 0 atom stereocenters. The number of halogens is 5. The Morgan fingerprint density at radius 1 is 1.09 bits per heavy atom. The standard InChI is InChI=1S/C14H8Br2F3NO2/c15-11-10(14(17,18)19)7-6-9(12(11)22-16)13(21)20-8-4-2-1-3-5-8/h1-7H,(H,20,21). The lowest BCUT2D eigenvalue weighted by Gasteiger charge is -2.14. The van der Waals surface area contributed by atoms with Crippen LogP contribution in [0.25, 0.3) is 0 Å². The minimum Gasteiger partial charge on any atom is -0.416 e. The van der Waals surface area contributed by atoms with E-state index in [1.54, 1.807) is 30.3 Å². The van der Waals surface area contributed by atoms with E-state index >= 15 is 0 Å². The van der Waals surface area contributed by atoms with E-state index in [0.29, 0.717) is 5.69 Å². The van der Waals surface area contributed by atoms with Crippen molar-refractivity contribution in [2.24, 2.45) is 0 Å². The molecule has 0 unspecified atom stereocenters. The fourth-order valence-electron chi connectivity index (χ4n) is 1.75. The van der Waals surface area contributed by atoms with E-state index in [1.807, 2.05) is 0 Å². The highest BCUT2D eigenvalue weighted by Crippen LogP contribution is 2.42. The molecule has 116 valence electrons. The second-order valence-corrected chi connectivity index (χ2v) is 5.32. The van der Waals surface area contributed by atoms with Gasteiger partial charge in [-0.2, -0.15) is 13.2 Å². The first-order valence-electron chi connectivity index (χ1n) is 5.89. The van der Waals surface area contributed by atoms with Crippen LogP contribution in [0.4, 0.5) is 18.9 Å². The Balaban J connectivity index is 2.39. The number of para-hydroxylation sites is 1. The van der Waals surface area contributed by atoms with Crippen molar-refractivity contribution in [3.63, 3.8) is 0 Å². The summed E-state index contributed by atoms with van der Waals surface area (Å²) in [6, 6.07) is 10.4. The molecular weight excluding hydrogens is 431 g/mol. The van der Waals surface area contributed by atoms with Gasteiger partial charge in [-0.3, -0.25) is 4.79 Å². The molecule has 8 heteroatoms. The maximum Gasteiger partial charge on any atom is 0.417 e. The van der Waals surface area contributed by atoms with Crippen LogP contribution in [0.5, 0.6) is 5.75 Å². The average molecular weight is 439 g/mol. The molecule has 0 aliphatic rings. The molecule has 0 bridgehead atoms. The molecule has 0 aromatic heterocycles. The van der Waals surface area contributed by atoms with Crippen molar-refractivity contribution in [3.05, 3.63) is 58.1 Å². The molecule has 0 aliphatic carbocycles. The SMILES string of the molecule is O=C(Nc1ccccc1)c1ccc(C(F)(F)F)c(Br)c1OBr. The average Bonchev–Trinajstić information content (AvgIpc) is 2.46. The Morgan fingerprint density at radius 3 is 2.27 bits per heavy atom. The third-order valence-corrected chi connectivity index (χ3v) is 3.87. The highest BCUT2D eigenvalue weighted by molar-refractivity contribution is 9.10. The Morgan fingerprint density at radius 2 is 1.73 bits per heavy atom. The van der Waals surface area contributed by atoms with E-state index in [0.717, 1.165) is 12.1 Å². The number of carbonyl (C=O) groups excluding carboxylic acids is 1. The normalized spacial score (nSPS) is 11.1. The van der Waals surface area contributed by atoms with Crippen molar-refractivity contribution in [1.82, 2.24) is 0 Å². The van der Waals surface area contributed by atoms with Crippen molar-refractivity contribution in [1.29, 1.82) is 0 Å². The fourth-order valence-corrected chi connectivity index (χ4v) is 2.95. The first kappa shape index (κ1) is 16.8. The molecule has 0 aliphatic heterocycles. The Bertz CT molecular complexity index is 690. The zero-order valence-corrected chi connectivity index (χ0v) is 13.9. The van der Waals surface area contributed by atoms with E-state index in [2.05, 4.69) is 37.5 Å². The van der Waals surface area contributed by atoms with E-state index in [-0.39, 0.29) is 15.8 Å². The number of hydrogen-bond donors (Lipinski definition) is 1. The lowest BCUT2D eigenvalue weighted by molar-refractivity contribution is -0.138. The summed E-state index contributed by atoms with van der Waals surface area (Å²) in [5, 5.41) is 2.58. The third-order valence-electron chi connectivity index (χ3n) is 2.76. The van der Waals surface area contributed by atoms with E-state index in [4.69, 9.17) is 3.83 Å². The number of rotatable bonds is 3. The summed E-state index contributed by atoms with van der Waals surface area (Å²) in [5.74, 6) is -0.835. The fraction of sp³-hybridized carbons (Fsp3) is 0.0714. The quantitative estimate of drug-likeness (QED) is 0.695. The summed E-state index contributed by atoms with van der Waals surface area (Å²) in [5.41, 5.74) is -0.456. The van der Waals surface area contributed by atoms with Gasteiger partial charge in [0.2, 0.25) is 0 Å². The number of amides is 1. The summed E-state index contributed by atoms with van der Waals surface area (Å²) in [4.78, 5) is 12.2. The van der Waals surface area contributed by atoms with Crippen LogP contribution in [0.3, 0.4) is 0 Å². The zero-order chi connectivity index (χ0) is 16.3. The Labute approximate surface area is 141 Å². The number of alkyl halides is 3. The summed E-state index contributed by atoms with van der Waals surface area (Å²) in [6.45, 7) is 0. The van der Waals surface area contributed by atoms with Crippen LogP contribution in [0.15, 0.2) is 46.9 Å². The summed E-state index contributed by atoms with van der Waals surface area (Å²) < 4.78 is 43.0. The summed E-state index contributed by atoms with van der Waals surface area (Å²) >= 11 is 5.46. The monoisotopic (exact) mass is 437 g/mol. The van der Waals surface area contributed by atoms with Gasteiger partial charge < -0.3 is 9.15 Å². The summed E-state index contributed by atoms with van der Waals surface area (Å²) in [6.07, 6.45) is -4.56. The molecule has 0 radical (unpaired) electrons. The number of nitrogens with one attached hydrogen (secondary N) is 1. The molecule has 1 N–H and O–H groups in total. The molecule has 0 saturated carbocycles. The molecule has 0 saturated heterocycles. The summed E-state index contributed by atoms with van der Waals surface area (Å²) in [7, 11) is 0. The van der Waals surface area contributed by atoms with E-state index < -0.39 is 17.6 Å². The molecule has 0 heterocycles. The van der Waals surface area contributed by atoms with Crippen LogP contribution < -0.4 is 9.15 Å². The molecule has 2 rings (SSSR count). The van der Waals surface area contributed by atoms with Crippen molar-refractivity contribution < 1.29 is 21.8 Å².